The first-order valence-corrected chi connectivity index (χ1v) is 9.29. The molecule has 1 aliphatic rings. The molecule has 0 fully saturated rings. The maximum absolute atomic E-state index is 12.6. The Kier molecular flexibility index (Phi) is 5.38. The smallest absolute Gasteiger partial charge is 0.240 e. The zero-order chi connectivity index (χ0) is 17.8. The SMILES string of the molecule is CC(C)[C@@H](NC(=O)CN1C(=O)CCOc2ccccc21)c1cccs1. The molecular weight excluding hydrogens is 336 g/mol. The first-order chi connectivity index (χ1) is 12.1. The number of anilines is 1. The molecule has 1 aromatic carbocycles. The highest BCUT2D eigenvalue weighted by atomic mass is 32.1. The Morgan fingerprint density at radius 2 is 2.08 bits per heavy atom. The predicted molar refractivity (Wildman–Crippen MR) is 98.9 cm³/mol. The van der Waals surface area contributed by atoms with Gasteiger partial charge in [0.2, 0.25) is 11.8 Å². The number of ether oxygens (including phenoxy) is 1. The maximum Gasteiger partial charge on any atom is 0.240 e. The van der Waals surface area contributed by atoms with E-state index in [1.165, 1.54) is 4.90 Å². The summed E-state index contributed by atoms with van der Waals surface area (Å²) in [4.78, 5) is 27.7. The lowest BCUT2D eigenvalue weighted by molar-refractivity contribution is -0.124. The van der Waals surface area contributed by atoms with Gasteiger partial charge in [0.05, 0.1) is 24.8 Å². The Morgan fingerprint density at radius 1 is 1.28 bits per heavy atom. The van der Waals surface area contributed by atoms with Crippen LogP contribution in [-0.4, -0.2) is 25.0 Å². The van der Waals surface area contributed by atoms with Crippen molar-refractivity contribution in [2.75, 3.05) is 18.1 Å². The van der Waals surface area contributed by atoms with Gasteiger partial charge in [0.1, 0.15) is 12.3 Å². The number of hydrogen-bond donors (Lipinski definition) is 1. The van der Waals surface area contributed by atoms with E-state index in [4.69, 9.17) is 4.74 Å². The standard InChI is InChI=1S/C19H22N2O3S/c1-13(2)19(16-8-5-11-25-16)20-17(22)12-21-14-6-3-4-7-15(14)24-10-9-18(21)23/h3-8,11,13,19H,9-10,12H2,1-2H3,(H,20,22)/t19-/m1/s1. The van der Waals surface area contributed by atoms with Gasteiger partial charge in [-0.15, -0.1) is 11.3 Å². The van der Waals surface area contributed by atoms with Crippen LogP contribution in [0, 0.1) is 5.92 Å². The number of carbonyl (C=O) groups excluding carboxylic acids is 2. The molecule has 25 heavy (non-hydrogen) atoms. The van der Waals surface area contributed by atoms with Crippen LogP contribution in [0.1, 0.15) is 31.2 Å². The van der Waals surface area contributed by atoms with Crippen LogP contribution in [0.15, 0.2) is 41.8 Å². The third kappa shape index (κ3) is 4.02. The average molecular weight is 358 g/mol. The third-order valence-corrected chi connectivity index (χ3v) is 5.12. The quantitative estimate of drug-likeness (QED) is 0.891. The highest BCUT2D eigenvalue weighted by Crippen LogP contribution is 2.31. The topological polar surface area (TPSA) is 58.6 Å². The number of fused-ring (bicyclic) bond motifs is 1. The van der Waals surface area contributed by atoms with Gasteiger partial charge in [-0.1, -0.05) is 32.0 Å². The van der Waals surface area contributed by atoms with Gasteiger partial charge < -0.3 is 10.1 Å². The summed E-state index contributed by atoms with van der Waals surface area (Å²) in [6, 6.07) is 11.3. The molecule has 2 amide bonds. The summed E-state index contributed by atoms with van der Waals surface area (Å²) in [6.07, 6.45) is 0.264. The van der Waals surface area contributed by atoms with Crippen LogP contribution in [0.2, 0.25) is 0 Å². The van der Waals surface area contributed by atoms with Crippen molar-refractivity contribution in [3.05, 3.63) is 46.7 Å². The summed E-state index contributed by atoms with van der Waals surface area (Å²) in [5.41, 5.74) is 0.650. The molecule has 1 N–H and O–H groups in total. The minimum atomic E-state index is -0.169. The third-order valence-electron chi connectivity index (χ3n) is 4.17. The molecule has 1 aromatic heterocycles. The van der Waals surface area contributed by atoms with Gasteiger partial charge in [0.15, 0.2) is 0 Å². The summed E-state index contributed by atoms with van der Waals surface area (Å²) in [5.74, 6) is 0.632. The normalized spacial score (nSPS) is 15.3. The number of nitrogens with zero attached hydrogens (tertiary/aromatic N) is 1. The number of hydrogen-bond acceptors (Lipinski definition) is 4. The fourth-order valence-electron chi connectivity index (χ4n) is 2.89. The highest BCUT2D eigenvalue weighted by Gasteiger charge is 2.27. The second-order valence-electron chi connectivity index (χ2n) is 6.35. The van der Waals surface area contributed by atoms with Gasteiger partial charge in [-0.05, 0) is 29.5 Å². The molecule has 0 spiro atoms. The van der Waals surface area contributed by atoms with Gasteiger partial charge >= 0.3 is 0 Å². The monoisotopic (exact) mass is 358 g/mol. The van der Waals surface area contributed by atoms with Crippen LogP contribution in [-0.2, 0) is 9.59 Å². The fraction of sp³-hybridized carbons (Fsp3) is 0.368. The minimum Gasteiger partial charge on any atom is -0.491 e. The van der Waals surface area contributed by atoms with Crippen molar-refractivity contribution in [3.8, 4) is 5.75 Å². The van der Waals surface area contributed by atoms with E-state index >= 15 is 0 Å². The number of rotatable bonds is 5. The van der Waals surface area contributed by atoms with Crippen molar-refractivity contribution >= 4 is 28.8 Å². The number of benzene rings is 1. The van der Waals surface area contributed by atoms with Gasteiger partial charge in [0.25, 0.3) is 0 Å². The van der Waals surface area contributed by atoms with Crippen molar-refractivity contribution in [1.82, 2.24) is 5.32 Å². The lowest BCUT2D eigenvalue weighted by atomic mass is 10.0. The molecule has 3 rings (SSSR count). The number of carbonyl (C=O) groups is 2. The maximum atomic E-state index is 12.6. The summed E-state index contributed by atoms with van der Waals surface area (Å²) in [7, 11) is 0. The Hall–Kier alpha value is -2.34. The zero-order valence-electron chi connectivity index (χ0n) is 14.4. The first kappa shape index (κ1) is 17.5. The molecule has 2 aromatic rings. The molecule has 0 saturated carbocycles. The van der Waals surface area contributed by atoms with E-state index in [1.807, 2.05) is 41.8 Å². The Labute approximate surface area is 151 Å². The molecule has 1 aliphatic heterocycles. The zero-order valence-corrected chi connectivity index (χ0v) is 15.2. The van der Waals surface area contributed by atoms with Gasteiger partial charge in [-0.3, -0.25) is 14.5 Å². The van der Waals surface area contributed by atoms with Crippen molar-refractivity contribution in [3.63, 3.8) is 0 Å². The van der Waals surface area contributed by atoms with E-state index in [0.29, 0.717) is 18.0 Å². The predicted octanol–water partition coefficient (Wildman–Crippen LogP) is 3.38. The lowest BCUT2D eigenvalue weighted by Gasteiger charge is -2.25. The van der Waals surface area contributed by atoms with Crippen molar-refractivity contribution in [2.45, 2.75) is 26.3 Å². The average Bonchev–Trinajstić information content (AvgIpc) is 3.07. The van der Waals surface area contributed by atoms with E-state index in [-0.39, 0.29) is 36.7 Å². The van der Waals surface area contributed by atoms with Gasteiger partial charge in [-0.25, -0.2) is 0 Å². The number of thiophene rings is 1. The molecule has 0 bridgehead atoms. The lowest BCUT2D eigenvalue weighted by Crippen LogP contribution is -2.42. The van der Waals surface area contributed by atoms with E-state index in [9.17, 15) is 9.59 Å². The molecule has 5 nitrogen and oxygen atoms in total. The largest absolute Gasteiger partial charge is 0.491 e. The Morgan fingerprint density at radius 3 is 2.80 bits per heavy atom. The van der Waals surface area contributed by atoms with Gasteiger partial charge in [0, 0.05) is 4.88 Å². The van der Waals surface area contributed by atoms with E-state index in [2.05, 4.69) is 19.2 Å². The van der Waals surface area contributed by atoms with E-state index < -0.39 is 0 Å². The second-order valence-corrected chi connectivity index (χ2v) is 7.33. The summed E-state index contributed by atoms with van der Waals surface area (Å²) in [6.45, 7) is 4.47. The molecule has 0 saturated heterocycles. The molecule has 0 aliphatic carbocycles. The molecule has 132 valence electrons. The van der Waals surface area contributed by atoms with E-state index in [1.54, 1.807) is 11.3 Å². The summed E-state index contributed by atoms with van der Waals surface area (Å²) < 4.78 is 5.62. The van der Waals surface area contributed by atoms with Crippen LogP contribution in [0.5, 0.6) is 5.75 Å². The molecule has 2 heterocycles. The number of amides is 2. The Bertz CT molecular complexity index is 743. The minimum absolute atomic E-state index is 0.00615. The van der Waals surface area contributed by atoms with E-state index in [0.717, 1.165) is 4.88 Å². The Balaban J connectivity index is 1.76. The molecule has 0 radical (unpaired) electrons. The van der Waals surface area contributed by atoms with Crippen LogP contribution in [0.4, 0.5) is 5.69 Å². The van der Waals surface area contributed by atoms with Crippen LogP contribution >= 0.6 is 11.3 Å². The number of para-hydroxylation sites is 2. The summed E-state index contributed by atoms with van der Waals surface area (Å²) >= 11 is 1.62. The van der Waals surface area contributed by atoms with Crippen LogP contribution in [0.25, 0.3) is 0 Å². The van der Waals surface area contributed by atoms with Gasteiger partial charge in [-0.2, -0.15) is 0 Å². The second kappa shape index (κ2) is 7.70. The molecule has 1 atom stereocenters. The van der Waals surface area contributed by atoms with Crippen molar-refractivity contribution in [1.29, 1.82) is 0 Å². The first-order valence-electron chi connectivity index (χ1n) is 8.41. The number of nitrogens with one attached hydrogen (secondary N) is 1. The molecular formula is C19H22N2O3S. The summed E-state index contributed by atoms with van der Waals surface area (Å²) in [5, 5.41) is 5.08. The van der Waals surface area contributed by atoms with Crippen molar-refractivity contribution in [2.24, 2.45) is 5.92 Å². The fourth-order valence-corrected chi connectivity index (χ4v) is 3.84. The molecule has 6 heteroatoms. The van der Waals surface area contributed by atoms with Crippen LogP contribution in [0.3, 0.4) is 0 Å². The van der Waals surface area contributed by atoms with Crippen molar-refractivity contribution < 1.29 is 14.3 Å². The highest BCUT2D eigenvalue weighted by molar-refractivity contribution is 7.10. The van der Waals surface area contributed by atoms with Crippen LogP contribution < -0.4 is 15.0 Å². The molecule has 0 unspecified atom stereocenters.